The molecule has 5 nitrogen and oxygen atoms in total. The molecule has 2 fully saturated rings. The highest BCUT2D eigenvalue weighted by Crippen LogP contribution is 2.24. The molecule has 0 aromatic carbocycles. The van der Waals surface area contributed by atoms with Crippen LogP contribution in [0.3, 0.4) is 0 Å². The predicted molar refractivity (Wildman–Crippen MR) is 74.6 cm³/mol. The molecule has 2 saturated heterocycles. The van der Waals surface area contributed by atoms with Crippen LogP contribution >= 0.6 is 0 Å². The smallest absolute Gasteiger partial charge is 0.289 e. The first-order chi connectivity index (χ1) is 9.79. The van der Waals surface area contributed by atoms with Crippen LogP contribution in [0.15, 0.2) is 22.8 Å². The molecule has 2 aliphatic rings. The topological polar surface area (TPSA) is 45.9 Å². The maximum Gasteiger partial charge on any atom is 0.289 e. The van der Waals surface area contributed by atoms with E-state index in [2.05, 4.69) is 11.8 Å². The molecule has 0 aliphatic carbocycles. The van der Waals surface area contributed by atoms with E-state index in [0.717, 1.165) is 45.7 Å². The summed E-state index contributed by atoms with van der Waals surface area (Å²) in [5.74, 6) is 0.451. The van der Waals surface area contributed by atoms with Crippen molar-refractivity contribution in [2.24, 2.45) is 0 Å². The standard InChI is InChI=1S/C15H22N2O3/c1-2-17(12-5-8-19-9-6-12)13-10-16(11-13)15(18)14-4-3-7-20-14/h3-4,7,12-13H,2,5-6,8-11H2,1H3. The highest BCUT2D eigenvalue weighted by Gasteiger charge is 2.38. The van der Waals surface area contributed by atoms with Gasteiger partial charge in [0, 0.05) is 38.4 Å². The number of ether oxygens (including phenoxy) is 1. The van der Waals surface area contributed by atoms with Crippen LogP contribution in [0.4, 0.5) is 0 Å². The van der Waals surface area contributed by atoms with Gasteiger partial charge in [-0.25, -0.2) is 0 Å². The fourth-order valence-electron chi connectivity index (χ4n) is 3.22. The van der Waals surface area contributed by atoms with Crippen molar-refractivity contribution in [1.82, 2.24) is 9.80 Å². The Balaban J connectivity index is 1.54. The molecule has 5 heteroatoms. The lowest BCUT2D eigenvalue weighted by Gasteiger charge is -2.48. The van der Waals surface area contributed by atoms with Crippen LogP contribution in [0.5, 0.6) is 0 Å². The highest BCUT2D eigenvalue weighted by atomic mass is 16.5. The van der Waals surface area contributed by atoms with Crippen LogP contribution in [-0.4, -0.2) is 60.6 Å². The van der Waals surface area contributed by atoms with Crippen LogP contribution in [-0.2, 0) is 4.74 Å². The van der Waals surface area contributed by atoms with Gasteiger partial charge in [0.25, 0.3) is 5.91 Å². The maximum atomic E-state index is 12.1. The number of amides is 1. The average molecular weight is 278 g/mol. The molecule has 1 amide bonds. The zero-order valence-corrected chi connectivity index (χ0v) is 12.0. The third kappa shape index (κ3) is 2.60. The second-order valence-electron chi connectivity index (χ2n) is 5.52. The predicted octanol–water partition coefficient (Wildman–Crippen LogP) is 1.60. The second kappa shape index (κ2) is 5.97. The van der Waals surface area contributed by atoms with Crippen molar-refractivity contribution in [1.29, 1.82) is 0 Å². The Morgan fingerprint density at radius 2 is 2.10 bits per heavy atom. The number of likely N-dealkylation sites (tertiary alicyclic amines) is 1. The zero-order chi connectivity index (χ0) is 13.9. The van der Waals surface area contributed by atoms with Gasteiger partial charge in [-0.2, -0.15) is 0 Å². The van der Waals surface area contributed by atoms with Crippen molar-refractivity contribution in [2.45, 2.75) is 31.8 Å². The quantitative estimate of drug-likeness (QED) is 0.839. The number of hydrogen-bond acceptors (Lipinski definition) is 4. The van der Waals surface area contributed by atoms with E-state index in [4.69, 9.17) is 9.15 Å². The first-order valence-electron chi connectivity index (χ1n) is 7.46. The molecule has 110 valence electrons. The van der Waals surface area contributed by atoms with Crippen molar-refractivity contribution in [3.05, 3.63) is 24.2 Å². The molecule has 0 unspecified atom stereocenters. The van der Waals surface area contributed by atoms with Crippen LogP contribution in [0.1, 0.15) is 30.3 Å². The Morgan fingerprint density at radius 3 is 2.70 bits per heavy atom. The SMILES string of the molecule is CCN(C1CCOCC1)C1CN(C(=O)c2ccco2)C1. The first kappa shape index (κ1) is 13.6. The second-order valence-corrected chi connectivity index (χ2v) is 5.52. The summed E-state index contributed by atoms with van der Waals surface area (Å²) in [6.45, 7) is 6.59. The highest BCUT2D eigenvalue weighted by molar-refractivity contribution is 5.92. The van der Waals surface area contributed by atoms with Gasteiger partial charge in [-0.3, -0.25) is 9.69 Å². The van der Waals surface area contributed by atoms with Crippen molar-refractivity contribution >= 4 is 5.91 Å². The third-order valence-corrected chi connectivity index (χ3v) is 4.38. The van der Waals surface area contributed by atoms with E-state index in [9.17, 15) is 4.79 Å². The number of carbonyl (C=O) groups is 1. The minimum absolute atomic E-state index is 0.00859. The lowest BCUT2D eigenvalue weighted by molar-refractivity contribution is -0.0229. The largest absolute Gasteiger partial charge is 0.459 e. The van der Waals surface area contributed by atoms with Crippen molar-refractivity contribution in [2.75, 3.05) is 32.8 Å². The van der Waals surface area contributed by atoms with E-state index in [1.54, 1.807) is 18.4 Å². The van der Waals surface area contributed by atoms with E-state index in [-0.39, 0.29) is 5.91 Å². The molecule has 1 aromatic rings. The number of nitrogens with zero attached hydrogens (tertiary/aromatic N) is 2. The Hall–Kier alpha value is -1.33. The van der Waals surface area contributed by atoms with E-state index in [1.807, 2.05) is 4.90 Å². The summed E-state index contributed by atoms with van der Waals surface area (Å²) in [6.07, 6.45) is 3.76. The van der Waals surface area contributed by atoms with E-state index < -0.39 is 0 Å². The molecule has 0 bridgehead atoms. The van der Waals surface area contributed by atoms with Gasteiger partial charge >= 0.3 is 0 Å². The Labute approximate surface area is 119 Å². The molecule has 20 heavy (non-hydrogen) atoms. The number of rotatable bonds is 4. The molecule has 0 spiro atoms. The van der Waals surface area contributed by atoms with Crippen LogP contribution in [0, 0.1) is 0 Å². The number of furan rings is 1. The van der Waals surface area contributed by atoms with Gasteiger partial charge in [-0.1, -0.05) is 6.92 Å². The van der Waals surface area contributed by atoms with Crippen molar-refractivity contribution in [3.63, 3.8) is 0 Å². The Morgan fingerprint density at radius 1 is 1.35 bits per heavy atom. The molecule has 2 aliphatic heterocycles. The van der Waals surface area contributed by atoms with Gasteiger partial charge < -0.3 is 14.1 Å². The fourth-order valence-corrected chi connectivity index (χ4v) is 3.22. The van der Waals surface area contributed by atoms with Gasteiger partial charge in [0.05, 0.1) is 6.26 Å². The molecule has 0 saturated carbocycles. The lowest BCUT2D eigenvalue weighted by Crippen LogP contribution is -2.63. The van der Waals surface area contributed by atoms with E-state index >= 15 is 0 Å². The molecule has 3 heterocycles. The molecular weight excluding hydrogens is 256 g/mol. The normalized spacial score (nSPS) is 21.2. The molecule has 0 radical (unpaired) electrons. The molecule has 0 atom stereocenters. The summed E-state index contributed by atoms with van der Waals surface area (Å²) < 4.78 is 10.6. The summed E-state index contributed by atoms with van der Waals surface area (Å²) in [6, 6.07) is 4.58. The summed E-state index contributed by atoms with van der Waals surface area (Å²) in [5.41, 5.74) is 0. The minimum Gasteiger partial charge on any atom is -0.459 e. The zero-order valence-electron chi connectivity index (χ0n) is 12.0. The van der Waals surface area contributed by atoms with E-state index in [0.29, 0.717) is 17.8 Å². The minimum atomic E-state index is 0.00859. The summed E-state index contributed by atoms with van der Waals surface area (Å²) >= 11 is 0. The number of carbonyl (C=O) groups excluding carboxylic acids is 1. The van der Waals surface area contributed by atoms with Gasteiger partial charge in [0.2, 0.25) is 0 Å². The van der Waals surface area contributed by atoms with Gasteiger partial charge in [0.15, 0.2) is 5.76 Å². The Bertz CT molecular complexity index is 434. The summed E-state index contributed by atoms with van der Waals surface area (Å²) in [5, 5.41) is 0. The van der Waals surface area contributed by atoms with E-state index in [1.165, 1.54) is 0 Å². The number of hydrogen-bond donors (Lipinski definition) is 0. The lowest BCUT2D eigenvalue weighted by atomic mass is 10.00. The molecular formula is C15H22N2O3. The molecule has 0 N–H and O–H groups in total. The van der Waals surface area contributed by atoms with Crippen LogP contribution in [0.2, 0.25) is 0 Å². The Kier molecular flexibility index (Phi) is 4.08. The summed E-state index contributed by atoms with van der Waals surface area (Å²) in [7, 11) is 0. The molecule has 1 aromatic heterocycles. The fraction of sp³-hybridized carbons (Fsp3) is 0.667. The van der Waals surface area contributed by atoms with Crippen molar-refractivity contribution < 1.29 is 13.9 Å². The monoisotopic (exact) mass is 278 g/mol. The van der Waals surface area contributed by atoms with Gasteiger partial charge in [0.1, 0.15) is 0 Å². The van der Waals surface area contributed by atoms with Crippen molar-refractivity contribution in [3.8, 4) is 0 Å². The number of likely N-dealkylation sites (N-methyl/N-ethyl adjacent to an activating group) is 1. The average Bonchev–Trinajstić information content (AvgIpc) is 2.96. The van der Waals surface area contributed by atoms with Gasteiger partial charge in [-0.05, 0) is 31.5 Å². The first-order valence-corrected chi connectivity index (χ1v) is 7.46. The van der Waals surface area contributed by atoms with Gasteiger partial charge in [-0.15, -0.1) is 0 Å². The third-order valence-electron chi connectivity index (χ3n) is 4.38. The molecule has 3 rings (SSSR count). The van der Waals surface area contributed by atoms with Crippen LogP contribution in [0.25, 0.3) is 0 Å². The van der Waals surface area contributed by atoms with Crippen LogP contribution < -0.4 is 0 Å². The maximum absolute atomic E-state index is 12.1. The summed E-state index contributed by atoms with van der Waals surface area (Å²) in [4.78, 5) is 16.5.